The van der Waals surface area contributed by atoms with Gasteiger partial charge in [0, 0.05) is 80.7 Å². The van der Waals surface area contributed by atoms with Crippen LogP contribution in [0.2, 0.25) is 0 Å². The summed E-state index contributed by atoms with van der Waals surface area (Å²) in [7, 11) is 2.16. The molecule has 0 unspecified atom stereocenters. The Morgan fingerprint density at radius 2 is 1.81 bits per heavy atom. The van der Waals surface area contributed by atoms with Gasteiger partial charge < -0.3 is 20.1 Å². The molecule has 2 aliphatic heterocycles. The second-order valence-corrected chi connectivity index (χ2v) is 10.6. The highest BCUT2D eigenvalue weighted by Gasteiger charge is 2.22. The Hall–Kier alpha value is -3.08. The largest absolute Gasteiger partial charge is 0.378 e. The van der Waals surface area contributed by atoms with Gasteiger partial charge in [-0.3, -0.25) is 4.90 Å². The van der Waals surface area contributed by atoms with Crippen LogP contribution in [0.4, 0.5) is 11.4 Å². The maximum absolute atomic E-state index is 4.94. The first-order valence-electron chi connectivity index (χ1n) is 12.4. The van der Waals surface area contributed by atoms with E-state index >= 15 is 0 Å². The van der Waals surface area contributed by atoms with Crippen molar-refractivity contribution >= 4 is 38.5 Å². The molecule has 2 N–H and O–H groups in total. The Morgan fingerprint density at radius 1 is 1.03 bits per heavy atom. The summed E-state index contributed by atoms with van der Waals surface area (Å²) in [5.74, 6) is 0.837. The van der Waals surface area contributed by atoms with Gasteiger partial charge in [0.15, 0.2) is 5.65 Å². The fraction of sp³-hybridized carbons (Fsp3) is 0.385. The van der Waals surface area contributed by atoms with Crippen molar-refractivity contribution in [2.24, 2.45) is 0 Å². The van der Waals surface area contributed by atoms with Crippen LogP contribution in [0.1, 0.15) is 12.0 Å². The quantitative estimate of drug-likeness (QED) is 0.378. The highest BCUT2D eigenvalue weighted by atomic mass is 79.9. The number of halogens is 1. The molecule has 3 aromatic heterocycles. The summed E-state index contributed by atoms with van der Waals surface area (Å²) in [6.45, 7) is 7.09. The molecule has 0 bridgehead atoms. The van der Waals surface area contributed by atoms with Gasteiger partial charge in [0.05, 0.1) is 10.2 Å². The molecule has 10 heteroatoms. The Morgan fingerprint density at radius 3 is 2.53 bits per heavy atom. The van der Waals surface area contributed by atoms with Crippen LogP contribution < -0.4 is 10.2 Å². The second kappa shape index (κ2) is 10.1. The van der Waals surface area contributed by atoms with Crippen molar-refractivity contribution in [1.82, 2.24) is 34.7 Å². The number of nitrogens with one attached hydrogen (secondary N) is 2. The molecule has 6 rings (SSSR count). The van der Waals surface area contributed by atoms with E-state index in [2.05, 4.69) is 87.2 Å². The van der Waals surface area contributed by atoms with E-state index in [1.54, 1.807) is 6.33 Å². The fourth-order valence-electron chi connectivity index (χ4n) is 5.13. The lowest BCUT2D eigenvalue weighted by atomic mass is 10.1. The number of aromatic amines is 1. The number of anilines is 2. The monoisotopic (exact) mass is 547 g/mol. The molecule has 0 saturated carbocycles. The predicted molar refractivity (Wildman–Crippen MR) is 146 cm³/mol. The van der Waals surface area contributed by atoms with Gasteiger partial charge in [-0.1, -0.05) is 0 Å². The van der Waals surface area contributed by atoms with Gasteiger partial charge in [-0.2, -0.15) is 0 Å². The first-order valence-corrected chi connectivity index (χ1v) is 13.2. The number of piperazine rings is 1. The molecule has 0 amide bonds. The number of benzene rings is 1. The van der Waals surface area contributed by atoms with E-state index in [0.717, 1.165) is 90.5 Å². The summed E-state index contributed by atoms with van der Waals surface area (Å²) in [4.78, 5) is 28.4. The Bertz CT molecular complexity index is 1320. The second-order valence-electron chi connectivity index (χ2n) is 9.71. The van der Waals surface area contributed by atoms with Crippen molar-refractivity contribution in [1.29, 1.82) is 0 Å². The lowest BCUT2D eigenvalue weighted by Gasteiger charge is -2.36. The van der Waals surface area contributed by atoms with E-state index in [1.807, 2.05) is 18.6 Å². The van der Waals surface area contributed by atoms with Gasteiger partial charge in [-0.25, -0.2) is 19.9 Å². The molecule has 0 aliphatic carbocycles. The molecule has 2 saturated heterocycles. The van der Waals surface area contributed by atoms with E-state index in [4.69, 9.17) is 4.98 Å². The molecule has 36 heavy (non-hydrogen) atoms. The van der Waals surface area contributed by atoms with Crippen LogP contribution in [0.25, 0.3) is 22.6 Å². The number of imidazole rings is 1. The number of pyridine rings is 1. The maximum Gasteiger partial charge on any atom is 0.159 e. The average Bonchev–Trinajstić information content (AvgIpc) is 3.53. The number of aromatic nitrogens is 5. The van der Waals surface area contributed by atoms with Crippen molar-refractivity contribution in [2.75, 3.05) is 56.5 Å². The lowest BCUT2D eigenvalue weighted by molar-refractivity contribution is 0.249. The van der Waals surface area contributed by atoms with Crippen LogP contribution in [0, 0.1) is 0 Å². The summed E-state index contributed by atoms with van der Waals surface area (Å²) >= 11 is 3.67. The molecule has 1 aromatic carbocycles. The van der Waals surface area contributed by atoms with E-state index in [0.29, 0.717) is 6.04 Å². The molecule has 2 fully saturated rings. The Labute approximate surface area is 219 Å². The van der Waals surface area contributed by atoms with E-state index in [1.165, 1.54) is 5.69 Å². The summed E-state index contributed by atoms with van der Waals surface area (Å²) in [6.07, 6.45) is 8.35. The van der Waals surface area contributed by atoms with Crippen LogP contribution in [0.15, 0.2) is 53.7 Å². The first-order chi connectivity index (χ1) is 17.6. The third-order valence-corrected chi connectivity index (χ3v) is 7.71. The fourth-order valence-corrected chi connectivity index (χ4v) is 5.53. The van der Waals surface area contributed by atoms with Gasteiger partial charge in [-0.15, -0.1) is 0 Å². The van der Waals surface area contributed by atoms with Crippen molar-refractivity contribution in [3.05, 3.63) is 59.2 Å². The molecule has 9 nitrogen and oxygen atoms in total. The number of likely N-dealkylation sites (tertiary alicyclic amines) is 1. The number of nitrogens with zero attached hydrogens (tertiary/aromatic N) is 7. The topological polar surface area (TPSA) is 89.1 Å². The zero-order valence-electron chi connectivity index (χ0n) is 20.4. The van der Waals surface area contributed by atoms with E-state index in [9.17, 15) is 0 Å². The van der Waals surface area contributed by atoms with Crippen molar-refractivity contribution < 1.29 is 0 Å². The molecule has 1 atom stereocenters. The average molecular weight is 548 g/mol. The van der Waals surface area contributed by atoms with Gasteiger partial charge in [-0.05, 0) is 60.2 Å². The summed E-state index contributed by atoms with van der Waals surface area (Å²) < 4.78 is 0.942. The summed E-state index contributed by atoms with van der Waals surface area (Å²) in [6, 6.07) is 9.10. The van der Waals surface area contributed by atoms with Crippen LogP contribution in [0.3, 0.4) is 0 Å². The van der Waals surface area contributed by atoms with Crippen molar-refractivity contribution in [3.8, 4) is 11.4 Å². The van der Waals surface area contributed by atoms with Gasteiger partial charge in [0.2, 0.25) is 0 Å². The molecule has 0 radical (unpaired) electrons. The molecular weight excluding hydrogens is 518 g/mol. The molecule has 186 valence electrons. The Kier molecular flexibility index (Phi) is 6.56. The minimum Gasteiger partial charge on any atom is -0.378 e. The minimum atomic E-state index is 0.415. The number of H-pyrrole nitrogens is 1. The third-order valence-electron chi connectivity index (χ3n) is 7.11. The minimum absolute atomic E-state index is 0.415. The number of hydrogen-bond donors (Lipinski definition) is 2. The van der Waals surface area contributed by atoms with E-state index in [-0.39, 0.29) is 0 Å². The molecular formula is C26H30BrN9. The van der Waals surface area contributed by atoms with Crippen LogP contribution in [-0.2, 0) is 6.54 Å². The Balaban J connectivity index is 1.14. The van der Waals surface area contributed by atoms with Crippen molar-refractivity contribution in [3.63, 3.8) is 0 Å². The number of hydrogen-bond acceptors (Lipinski definition) is 8. The SMILES string of the molecule is CN1CC[C@H](Nc2c(Br)cnc3[nH]c(-c4ccc(N5CCN(Cc6cncnc6)CC5)cc4)nc23)C1. The zero-order chi connectivity index (χ0) is 24.5. The molecule has 5 heterocycles. The molecule has 2 aliphatic rings. The maximum atomic E-state index is 4.94. The smallest absolute Gasteiger partial charge is 0.159 e. The van der Waals surface area contributed by atoms with Gasteiger partial charge in [0.1, 0.15) is 17.7 Å². The van der Waals surface area contributed by atoms with Crippen molar-refractivity contribution in [2.45, 2.75) is 19.0 Å². The normalized spacial score (nSPS) is 19.3. The highest BCUT2D eigenvalue weighted by molar-refractivity contribution is 9.10. The molecule has 4 aromatic rings. The number of likely N-dealkylation sites (N-methyl/N-ethyl adjacent to an activating group) is 1. The van der Waals surface area contributed by atoms with Gasteiger partial charge in [0.25, 0.3) is 0 Å². The highest BCUT2D eigenvalue weighted by Crippen LogP contribution is 2.32. The van der Waals surface area contributed by atoms with Crippen LogP contribution in [-0.4, -0.2) is 87.1 Å². The predicted octanol–water partition coefficient (Wildman–Crippen LogP) is 3.62. The molecule has 0 spiro atoms. The standard InChI is InChI=1S/C26H30BrN9/c1-34-7-6-20(16-34)31-23-22(27)14-30-26-24(23)32-25(33-26)19-2-4-21(5-3-19)36-10-8-35(9-11-36)15-18-12-28-17-29-13-18/h2-5,12-14,17,20H,6-11,15-16H2,1H3,(H2,30,31,32,33)/t20-/m0/s1. The summed E-state index contributed by atoms with van der Waals surface area (Å²) in [5, 5.41) is 3.69. The van der Waals surface area contributed by atoms with Crippen LogP contribution >= 0.6 is 15.9 Å². The third kappa shape index (κ3) is 4.93. The van der Waals surface area contributed by atoms with Crippen LogP contribution in [0.5, 0.6) is 0 Å². The number of fused-ring (bicyclic) bond motifs is 1. The van der Waals surface area contributed by atoms with Gasteiger partial charge >= 0.3 is 0 Å². The lowest BCUT2D eigenvalue weighted by Crippen LogP contribution is -2.45. The zero-order valence-corrected chi connectivity index (χ0v) is 21.9. The van der Waals surface area contributed by atoms with E-state index < -0.39 is 0 Å². The number of rotatable bonds is 6. The first kappa shape index (κ1) is 23.3. The summed E-state index contributed by atoms with van der Waals surface area (Å²) in [5.41, 5.74) is 6.15.